The maximum Gasteiger partial charge on any atom is 0.234 e. The zero-order valence-electron chi connectivity index (χ0n) is 8.20. The van der Waals surface area contributed by atoms with E-state index in [-0.39, 0.29) is 5.75 Å². The number of aliphatic hydroxyl groups is 1. The van der Waals surface area contributed by atoms with Gasteiger partial charge in [0.15, 0.2) is 0 Å². The number of hydrogen-bond acceptors (Lipinski definition) is 3. The van der Waals surface area contributed by atoms with E-state index in [4.69, 9.17) is 16.7 Å². The van der Waals surface area contributed by atoms with Crippen molar-refractivity contribution in [2.45, 2.75) is 6.92 Å². The van der Waals surface area contributed by atoms with Crippen LogP contribution in [-0.2, 0) is 10.0 Å². The maximum absolute atomic E-state index is 11.3. The lowest BCUT2D eigenvalue weighted by molar-refractivity contribution is 0.320. The van der Waals surface area contributed by atoms with Crippen LogP contribution < -0.4 is 4.72 Å². The van der Waals surface area contributed by atoms with Crippen LogP contribution >= 0.6 is 11.6 Å². The third-order valence-electron chi connectivity index (χ3n) is 1.83. The molecule has 0 unspecified atom stereocenters. The van der Waals surface area contributed by atoms with E-state index in [1.807, 2.05) is 0 Å². The van der Waals surface area contributed by atoms with E-state index >= 15 is 0 Å². The molecule has 0 spiro atoms. The van der Waals surface area contributed by atoms with E-state index in [9.17, 15) is 8.42 Å². The minimum Gasteiger partial charge on any atom is -0.395 e. The molecule has 0 aromatic heterocycles. The van der Waals surface area contributed by atoms with Gasteiger partial charge in [0.1, 0.15) is 0 Å². The number of sulfonamides is 1. The van der Waals surface area contributed by atoms with Crippen LogP contribution in [0.3, 0.4) is 0 Å². The van der Waals surface area contributed by atoms with Gasteiger partial charge in [0.25, 0.3) is 0 Å². The van der Waals surface area contributed by atoms with Crippen molar-refractivity contribution in [1.82, 2.24) is 0 Å². The van der Waals surface area contributed by atoms with Gasteiger partial charge in [0.05, 0.1) is 18.0 Å². The molecule has 4 nitrogen and oxygen atoms in total. The Balaban J connectivity index is 2.94. The predicted molar refractivity (Wildman–Crippen MR) is 60.7 cm³/mol. The monoisotopic (exact) mass is 249 g/mol. The molecule has 0 fully saturated rings. The Morgan fingerprint density at radius 2 is 2.13 bits per heavy atom. The molecule has 0 amide bonds. The van der Waals surface area contributed by atoms with Gasteiger partial charge in [-0.05, 0) is 24.6 Å². The molecule has 1 aromatic carbocycles. The quantitative estimate of drug-likeness (QED) is 0.847. The molecule has 1 aromatic rings. The first-order valence-corrected chi connectivity index (χ1v) is 6.35. The van der Waals surface area contributed by atoms with E-state index in [2.05, 4.69) is 4.72 Å². The van der Waals surface area contributed by atoms with Crippen molar-refractivity contribution in [3.05, 3.63) is 28.8 Å². The Morgan fingerprint density at radius 3 is 2.73 bits per heavy atom. The van der Waals surface area contributed by atoms with Crippen LogP contribution in [0.4, 0.5) is 5.69 Å². The predicted octanol–water partition coefficient (Wildman–Crippen LogP) is 1.38. The second kappa shape index (κ2) is 4.83. The topological polar surface area (TPSA) is 66.4 Å². The molecule has 6 heteroatoms. The number of aryl methyl sites for hydroxylation is 1. The maximum atomic E-state index is 11.3. The van der Waals surface area contributed by atoms with Crippen molar-refractivity contribution in [2.75, 3.05) is 17.1 Å². The van der Waals surface area contributed by atoms with Gasteiger partial charge in [0, 0.05) is 5.02 Å². The van der Waals surface area contributed by atoms with Crippen LogP contribution in [0.1, 0.15) is 5.56 Å². The van der Waals surface area contributed by atoms with Gasteiger partial charge in [-0.2, -0.15) is 0 Å². The highest BCUT2D eigenvalue weighted by atomic mass is 35.5. The van der Waals surface area contributed by atoms with Gasteiger partial charge >= 0.3 is 0 Å². The molecule has 0 atom stereocenters. The summed E-state index contributed by atoms with van der Waals surface area (Å²) in [4.78, 5) is 0. The highest BCUT2D eigenvalue weighted by Gasteiger charge is 2.10. The van der Waals surface area contributed by atoms with Crippen LogP contribution in [0.2, 0.25) is 5.02 Å². The largest absolute Gasteiger partial charge is 0.395 e. The van der Waals surface area contributed by atoms with Gasteiger partial charge < -0.3 is 5.11 Å². The molecular formula is C9H12ClNO3S. The number of aliphatic hydroxyl groups excluding tert-OH is 1. The Morgan fingerprint density at radius 1 is 1.47 bits per heavy atom. The average Bonchev–Trinajstić information content (AvgIpc) is 2.10. The fourth-order valence-electron chi connectivity index (χ4n) is 1.04. The SMILES string of the molecule is Cc1ccc(Cl)cc1NS(=O)(=O)CCO. The van der Waals surface area contributed by atoms with Gasteiger partial charge in [-0.25, -0.2) is 8.42 Å². The second-order valence-corrected chi connectivity index (χ2v) is 5.38. The lowest BCUT2D eigenvalue weighted by Crippen LogP contribution is -2.19. The molecule has 0 saturated heterocycles. The minimum absolute atomic E-state index is 0.320. The highest BCUT2D eigenvalue weighted by molar-refractivity contribution is 7.92. The molecule has 0 saturated carbocycles. The molecule has 84 valence electrons. The van der Waals surface area contributed by atoms with E-state index in [1.165, 1.54) is 6.07 Å². The van der Waals surface area contributed by atoms with Crippen LogP contribution in [-0.4, -0.2) is 25.9 Å². The highest BCUT2D eigenvalue weighted by Crippen LogP contribution is 2.21. The Bertz CT molecular complexity index is 445. The van der Waals surface area contributed by atoms with Crippen LogP contribution in [0.25, 0.3) is 0 Å². The van der Waals surface area contributed by atoms with E-state index in [1.54, 1.807) is 19.1 Å². The fraction of sp³-hybridized carbons (Fsp3) is 0.333. The third kappa shape index (κ3) is 3.70. The van der Waals surface area contributed by atoms with Gasteiger partial charge in [-0.3, -0.25) is 4.72 Å². The summed E-state index contributed by atoms with van der Waals surface area (Å²) in [6.45, 7) is 1.36. The summed E-state index contributed by atoms with van der Waals surface area (Å²) in [5.41, 5.74) is 1.22. The molecule has 0 aliphatic heterocycles. The summed E-state index contributed by atoms with van der Waals surface area (Å²) in [6.07, 6.45) is 0. The average molecular weight is 250 g/mol. The number of benzene rings is 1. The summed E-state index contributed by atoms with van der Waals surface area (Å²) < 4.78 is 25.1. The van der Waals surface area contributed by atoms with Crippen molar-refractivity contribution in [3.63, 3.8) is 0 Å². The van der Waals surface area contributed by atoms with Crippen LogP contribution in [0.15, 0.2) is 18.2 Å². The summed E-state index contributed by atoms with van der Waals surface area (Å²) in [7, 11) is -3.48. The van der Waals surface area contributed by atoms with E-state index < -0.39 is 16.6 Å². The Labute approximate surface area is 93.9 Å². The van der Waals surface area contributed by atoms with Crippen molar-refractivity contribution in [3.8, 4) is 0 Å². The summed E-state index contributed by atoms with van der Waals surface area (Å²) in [6, 6.07) is 4.94. The van der Waals surface area contributed by atoms with E-state index in [0.29, 0.717) is 10.7 Å². The number of anilines is 1. The summed E-state index contributed by atoms with van der Waals surface area (Å²) in [5.74, 6) is -0.320. The summed E-state index contributed by atoms with van der Waals surface area (Å²) >= 11 is 5.74. The molecule has 0 aliphatic rings. The van der Waals surface area contributed by atoms with Crippen molar-refractivity contribution in [1.29, 1.82) is 0 Å². The molecular weight excluding hydrogens is 238 g/mol. The zero-order chi connectivity index (χ0) is 11.5. The van der Waals surface area contributed by atoms with Crippen molar-refractivity contribution >= 4 is 27.3 Å². The molecule has 0 radical (unpaired) electrons. The molecule has 0 heterocycles. The van der Waals surface area contributed by atoms with Gasteiger partial charge in [-0.15, -0.1) is 0 Å². The molecule has 2 N–H and O–H groups in total. The number of rotatable bonds is 4. The molecule has 15 heavy (non-hydrogen) atoms. The number of nitrogens with one attached hydrogen (secondary N) is 1. The van der Waals surface area contributed by atoms with Crippen LogP contribution in [0, 0.1) is 6.92 Å². The van der Waals surface area contributed by atoms with Gasteiger partial charge in [0.2, 0.25) is 10.0 Å². The van der Waals surface area contributed by atoms with Crippen molar-refractivity contribution < 1.29 is 13.5 Å². The standard InChI is InChI=1S/C9H12ClNO3S/c1-7-2-3-8(10)6-9(7)11-15(13,14)5-4-12/h2-3,6,11-12H,4-5H2,1H3. The van der Waals surface area contributed by atoms with Crippen LogP contribution in [0.5, 0.6) is 0 Å². The molecule has 1 rings (SSSR count). The number of halogens is 1. The first kappa shape index (κ1) is 12.3. The first-order chi connectivity index (χ1) is 6.94. The lowest BCUT2D eigenvalue weighted by atomic mass is 10.2. The van der Waals surface area contributed by atoms with Gasteiger partial charge in [-0.1, -0.05) is 17.7 Å². The number of hydrogen-bond donors (Lipinski definition) is 2. The Hall–Kier alpha value is -0.780. The smallest absolute Gasteiger partial charge is 0.234 e. The second-order valence-electron chi connectivity index (χ2n) is 3.10. The molecule has 0 bridgehead atoms. The Kier molecular flexibility index (Phi) is 3.96. The van der Waals surface area contributed by atoms with Crippen molar-refractivity contribution in [2.24, 2.45) is 0 Å². The lowest BCUT2D eigenvalue weighted by Gasteiger charge is -2.09. The zero-order valence-corrected chi connectivity index (χ0v) is 9.77. The summed E-state index contributed by atoms with van der Waals surface area (Å²) in [5, 5.41) is 9.02. The first-order valence-electron chi connectivity index (χ1n) is 4.32. The third-order valence-corrected chi connectivity index (χ3v) is 3.31. The van der Waals surface area contributed by atoms with E-state index in [0.717, 1.165) is 5.56 Å². The fourth-order valence-corrected chi connectivity index (χ4v) is 2.11. The normalized spacial score (nSPS) is 11.4. The molecule has 0 aliphatic carbocycles. The minimum atomic E-state index is -3.48.